The predicted octanol–water partition coefficient (Wildman–Crippen LogP) is 1.01. The molecule has 1 fully saturated rings. The van der Waals surface area contributed by atoms with E-state index in [4.69, 9.17) is 17.0 Å². The van der Waals surface area contributed by atoms with Crippen molar-refractivity contribution in [3.63, 3.8) is 0 Å². The quantitative estimate of drug-likeness (QED) is 0.753. The summed E-state index contributed by atoms with van der Waals surface area (Å²) >= 11 is 0. The molecule has 4 atom stereocenters. The van der Waals surface area contributed by atoms with E-state index in [1.807, 2.05) is 0 Å². The van der Waals surface area contributed by atoms with Crippen LogP contribution in [0.5, 0.6) is 0 Å². The summed E-state index contributed by atoms with van der Waals surface area (Å²) < 4.78 is 11.6. The fourth-order valence-corrected chi connectivity index (χ4v) is 3.05. The third kappa shape index (κ3) is 2.83. The van der Waals surface area contributed by atoms with Crippen molar-refractivity contribution in [1.82, 2.24) is 0 Å². The topological polar surface area (TPSA) is 58.9 Å². The maximum atomic E-state index is 10.2. The average molecular weight is 272 g/mol. The number of ether oxygens (including phenoxy) is 1. The van der Waals surface area contributed by atoms with Crippen molar-refractivity contribution >= 4 is 16.2 Å². The predicted molar refractivity (Wildman–Crippen MR) is 74.2 cm³/mol. The first-order valence-electron chi connectivity index (χ1n) is 6.35. The zero-order valence-corrected chi connectivity index (χ0v) is 13.2. The summed E-state index contributed by atoms with van der Waals surface area (Å²) in [6.45, 7) is 11.9. The molecule has 1 rings (SSSR count). The third-order valence-corrected chi connectivity index (χ3v) is 8.69. The van der Waals surface area contributed by atoms with Gasteiger partial charge in [0.25, 0.3) is 0 Å². The highest BCUT2D eigenvalue weighted by Gasteiger charge is 2.52. The van der Waals surface area contributed by atoms with Crippen molar-refractivity contribution in [2.45, 2.75) is 69.6 Å². The standard InChI is InChI=1S/C12H25BO4Si/c1-11(2,3)18(5,6)17-8-9(15)12(4,7-14)16-10(8)13/h8-10,14-15H,7H2,1-6H3/t8?,9-,10-,12-/m1/s1. The lowest BCUT2D eigenvalue weighted by Gasteiger charge is -2.40. The van der Waals surface area contributed by atoms with Gasteiger partial charge in [0.15, 0.2) is 8.32 Å². The average Bonchev–Trinajstić information content (AvgIpc) is 2.41. The van der Waals surface area contributed by atoms with Crippen molar-refractivity contribution in [2.75, 3.05) is 6.61 Å². The van der Waals surface area contributed by atoms with Crippen LogP contribution in [0.1, 0.15) is 27.7 Å². The maximum Gasteiger partial charge on any atom is 0.192 e. The SMILES string of the molecule is [B][C@@H]1O[C@](C)(CO)[C@H](O)C1O[Si](C)(C)C(C)(C)C. The van der Waals surface area contributed by atoms with Gasteiger partial charge in [-0.25, -0.2) is 0 Å². The number of rotatable bonds is 3. The van der Waals surface area contributed by atoms with E-state index < -0.39 is 32.1 Å². The van der Waals surface area contributed by atoms with Gasteiger partial charge < -0.3 is 19.4 Å². The van der Waals surface area contributed by atoms with E-state index in [0.29, 0.717) is 0 Å². The molecule has 0 aromatic rings. The van der Waals surface area contributed by atoms with Gasteiger partial charge in [-0.3, -0.25) is 0 Å². The summed E-state index contributed by atoms with van der Waals surface area (Å²) in [5.74, 6) is 0. The molecule has 1 aliphatic heterocycles. The molecule has 0 spiro atoms. The van der Waals surface area contributed by atoms with E-state index in [1.165, 1.54) is 0 Å². The van der Waals surface area contributed by atoms with E-state index in [0.717, 1.165) is 0 Å². The molecule has 0 saturated carbocycles. The Morgan fingerprint density at radius 3 is 2.22 bits per heavy atom. The minimum atomic E-state index is -2.03. The zero-order chi connectivity index (χ0) is 14.4. The highest BCUT2D eigenvalue weighted by molar-refractivity contribution is 6.74. The fraction of sp³-hybridized carbons (Fsp3) is 1.00. The Hall–Kier alpha value is 0.122. The van der Waals surface area contributed by atoms with Crippen molar-refractivity contribution < 1.29 is 19.4 Å². The Labute approximate surface area is 112 Å². The van der Waals surface area contributed by atoms with Crippen LogP contribution in [-0.2, 0) is 9.16 Å². The molecule has 1 aliphatic rings. The summed E-state index contributed by atoms with van der Waals surface area (Å²) in [5.41, 5.74) is -1.04. The van der Waals surface area contributed by atoms with E-state index in [-0.39, 0.29) is 11.6 Å². The highest BCUT2D eigenvalue weighted by atomic mass is 28.4. The molecule has 0 aliphatic carbocycles. The van der Waals surface area contributed by atoms with Crippen LogP contribution in [0.3, 0.4) is 0 Å². The van der Waals surface area contributed by atoms with Gasteiger partial charge in [-0.2, -0.15) is 0 Å². The molecule has 0 bridgehead atoms. The first-order valence-corrected chi connectivity index (χ1v) is 9.25. The van der Waals surface area contributed by atoms with E-state index >= 15 is 0 Å². The molecule has 6 heteroatoms. The first kappa shape index (κ1) is 16.2. The largest absolute Gasteiger partial charge is 0.409 e. The Balaban J connectivity index is 2.86. The Kier molecular flexibility index (Phi) is 4.41. The molecule has 0 amide bonds. The van der Waals surface area contributed by atoms with Crippen molar-refractivity contribution in [2.24, 2.45) is 0 Å². The molecule has 2 radical (unpaired) electrons. The van der Waals surface area contributed by atoms with Crippen LogP contribution < -0.4 is 0 Å². The lowest BCUT2D eigenvalue weighted by Crippen LogP contribution is -2.51. The second-order valence-electron chi connectivity index (χ2n) is 6.84. The third-order valence-electron chi connectivity index (χ3n) is 4.22. The lowest BCUT2D eigenvalue weighted by atomic mass is 9.90. The van der Waals surface area contributed by atoms with Gasteiger partial charge in [-0.1, -0.05) is 20.8 Å². The molecule has 104 valence electrons. The Morgan fingerprint density at radius 1 is 1.39 bits per heavy atom. The highest BCUT2D eigenvalue weighted by Crippen LogP contribution is 2.41. The molecule has 2 N–H and O–H groups in total. The van der Waals surface area contributed by atoms with Crippen LogP contribution >= 0.6 is 0 Å². The fourth-order valence-electron chi connectivity index (χ4n) is 1.75. The van der Waals surface area contributed by atoms with Gasteiger partial charge in [0, 0.05) is 6.00 Å². The number of aliphatic hydroxyl groups excluding tert-OH is 2. The van der Waals surface area contributed by atoms with E-state index in [9.17, 15) is 10.2 Å². The van der Waals surface area contributed by atoms with E-state index in [1.54, 1.807) is 6.92 Å². The Morgan fingerprint density at radius 2 is 1.89 bits per heavy atom. The van der Waals surface area contributed by atoms with Gasteiger partial charge >= 0.3 is 0 Å². The summed E-state index contributed by atoms with van der Waals surface area (Å²) in [6, 6.07) is -0.703. The molecule has 0 aromatic carbocycles. The van der Waals surface area contributed by atoms with Crippen molar-refractivity contribution in [1.29, 1.82) is 0 Å². The molecule has 1 heterocycles. The minimum absolute atomic E-state index is 0.0324. The van der Waals surface area contributed by atoms with Gasteiger partial charge in [-0.05, 0) is 25.1 Å². The second-order valence-corrected chi connectivity index (χ2v) is 11.6. The van der Waals surface area contributed by atoms with Gasteiger partial charge in [-0.15, -0.1) is 0 Å². The van der Waals surface area contributed by atoms with Crippen LogP contribution in [-0.4, -0.2) is 56.8 Å². The number of hydrogen-bond acceptors (Lipinski definition) is 4. The number of aliphatic hydroxyl groups is 2. The Bertz CT molecular complexity index is 305. The van der Waals surface area contributed by atoms with E-state index in [2.05, 4.69) is 33.9 Å². The second kappa shape index (κ2) is 4.90. The van der Waals surface area contributed by atoms with Crippen LogP contribution in [0.2, 0.25) is 18.1 Å². The maximum absolute atomic E-state index is 10.2. The van der Waals surface area contributed by atoms with Crippen LogP contribution in [0, 0.1) is 0 Å². The van der Waals surface area contributed by atoms with Crippen LogP contribution in [0.4, 0.5) is 0 Å². The van der Waals surface area contributed by atoms with Crippen molar-refractivity contribution in [3.05, 3.63) is 0 Å². The van der Waals surface area contributed by atoms with Gasteiger partial charge in [0.2, 0.25) is 0 Å². The summed E-state index contributed by atoms with van der Waals surface area (Å²) in [4.78, 5) is 0. The monoisotopic (exact) mass is 272 g/mol. The molecule has 0 aromatic heterocycles. The van der Waals surface area contributed by atoms with Crippen molar-refractivity contribution in [3.8, 4) is 0 Å². The smallest absolute Gasteiger partial charge is 0.192 e. The van der Waals surface area contributed by atoms with Crippen LogP contribution in [0.25, 0.3) is 0 Å². The van der Waals surface area contributed by atoms with Gasteiger partial charge in [0.05, 0.1) is 12.7 Å². The minimum Gasteiger partial charge on any atom is -0.409 e. The zero-order valence-electron chi connectivity index (χ0n) is 12.2. The summed E-state index contributed by atoms with van der Waals surface area (Å²) in [6.07, 6.45) is -1.49. The van der Waals surface area contributed by atoms with Crippen LogP contribution in [0.15, 0.2) is 0 Å². The molecule has 4 nitrogen and oxygen atoms in total. The molecular formula is C12H25BO4Si. The lowest BCUT2D eigenvalue weighted by molar-refractivity contribution is -0.0862. The summed E-state index contributed by atoms with van der Waals surface area (Å²) in [5, 5.41) is 19.6. The molecule has 1 unspecified atom stereocenters. The first-order chi connectivity index (χ1) is 7.94. The van der Waals surface area contributed by atoms with Gasteiger partial charge in [0.1, 0.15) is 19.6 Å². The molecule has 1 saturated heterocycles. The summed E-state index contributed by atoms with van der Waals surface area (Å²) in [7, 11) is 3.84. The normalized spacial score (nSPS) is 38.1. The molecule has 18 heavy (non-hydrogen) atoms. The molecular weight excluding hydrogens is 247 g/mol. The number of hydrogen-bond donors (Lipinski definition) is 2.